The van der Waals surface area contributed by atoms with E-state index in [-0.39, 0.29) is 23.9 Å². The first-order valence-corrected chi connectivity index (χ1v) is 10.9. The van der Waals surface area contributed by atoms with E-state index in [9.17, 15) is 13.6 Å². The first-order valence-electron chi connectivity index (χ1n) is 10.9. The molecule has 2 unspecified atom stereocenters. The van der Waals surface area contributed by atoms with Gasteiger partial charge in [-0.25, -0.2) is 4.98 Å². The highest BCUT2D eigenvalue weighted by molar-refractivity contribution is 5.59. The van der Waals surface area contributed by atoms with E-state index in [4.69, 9.17) is 9.47 Å². The minimum Gasteiger partial charge on any atom is -0.496 e. The van der Waals surface area contributed by atoms with Crippen molar-refractivity contribution in [1.29, 1.82) is 0 Å². The third-order valence-electron chi connectivity index (χ3n) is 6.28. The summed E-state index contributed by atoms with van der Waals surface area (Å²) >= 11 is 0. The Morgan fingerprint density at radius 3 is 2.47 bits per heavy atom. The monoisotopic (exact) mass is 446 g/mol. The van der Waals surface area contributed by atoms with Crippen molar-refractivity contribution in [3.8, 4) is 17.4 Å². The number of piperidine rings is 1. The number of benzene rings is 1. The Bertz CT molecular complexity index is 929. The second kappa shape index (κ2) is 9.81. The van der Waals surface area contributed by atoms with Crippen LogP contribution in [0.25, 0.3) is 0 Å². The number of ether oxygens (including phenoxy) is 3. The van der Waals surface area contributed by atoms with Crippen LogP contribution in [0.3, 0.4) is 0 Å². The van der Waals surface area contributed by atoms with E-state index in [0.29, 0.717) is 23.6 Å². The number of pyridine rings is 1. The zero-order valence-electron chi connectivity index (χ0n) is 18.3. The van der Waals surface area contributed by atoms with Crippen LogP contribution in [0.15, 0.2) is 30.5 Å². The zero-order valence-corrected chi connectivity index (χ0v) is 18.3. The highest BCUT2D eigenvalue weighted by atomic mass is 19.3. The summed E-state index contributed by atoms with van der Waals surface area (Å²) in [7, 11) is 3.24. The molecule has 0 radical (unpaired) electrons. The van der Waals surface area contributed by atoms with Gasteiger partial charge in [-0.15, -0.1) is 0 Å². The minimum absolute atomic E-state index is 0.000204. The van der Waals surface area contributed by atoms with Crippen molar-refractivity contribution in [3.63, 3.8) is 0 Å². The largest absolute Gasteiger partial charge is 0.496 e. The molecule has 8 heteroatoms. The van der Waals surface area contributed by atoms with E-state index >= 15 is 0 Å². The van der Waals surface area contributed by atoms with E-state index in [1.165, 1.54) is 0 Å². The van der Waals surface area contributed by atoms with Gasteiger partial charge in [0.15, 0.2) is 0 Å². The molecule has 0 bridgehead atoms. The molecule has 2 aromatic rings. The van der Waals surface area contributed by atoms with Crippen molar-refractivity contribution in [3.05, 3.63) is 47.2 Å². The molecule has 1 aliphatic carbocycles. The predicted octanol–water partition coefficient (Wildman–Crippen LogP) is 4.87. The number of rotatable bonds is 9. The van der Waals surface area contributed by atoms with Crippen molar-refractivity contribution in [1.82, 2.24) is 9.88 Å². The second-order valence-corrected chi connectivity index (χ2v) is 8.29. The molecule has 2 heterocycles. The van der Waals surface area contributed by atoms with Gasteiger partial charge in [0.25, 0.3) is 0 Å². The van der Waals surface area contributed by atoms with Gasteiger partial charge in [0, 0.05) is 24.3 Å². The van der Waals surface area contributed by atoms with Gasteiger partial charge in [-0.1, -0.05) is 6.07 Å². The lowest BCUT2D eigenvalue weighted by molar-refractivity contribution is -0.115. The summed E-state index contributed by atoms with van der Waals surface area (Å²) in [6.07, 6.45) is 6.93. The number of hydrogen-bond acceptors (Lipinski definition) is 6. The molecule has 0 amide bonds. The maximum atomic E-state index is 12.8. The van der Waals surface area contributed by atoms with Gasteiger partial charge >= 0.3 is 6.61 Å². The van der Waals surface area contributed by atoms with Crippen LogP contribution in [-0.2, 0) is 11.3 Å². The van der Waals surface area contributed by atoms with Crippen LogP contribution in [0.1, 0.15) is 60.8 Å². The fourth-order valence-electron chi connectivity index (χ4n) is 4.66. The van der Waals surface area contributed by atoms with Crippen LogP contribution >= 0.6 is 0 Å². The minimum atomic E-state index is -2.91. The molecule has 0 N–H and O–H groups in total. The van der Waals surface area contributed by atoms with Gasteiger partial charge in [0.1, 0.15) is 17.8 Å². The van der Waals surface area contributed by atoms with Crippen LogP contribution in [0.5, 0.6) is 17.4 Å². The molecule has 1 saturated carbocycles. The summed E-state index contributed by atoms with van der Waals surface area (Å²) in [5, 5.41) is 0. The number of likely N-dealkylation sites (tertiary alicyclic amines) is 1. The Balaban J connectivity index is 1.69. The summed E-state index contributed by atoms with van der Waals surface area (Å²) in [6, 6.07) is 7.19. The number of alkyl halides is 2. The van der Waals surface area contributed by atoms with Crippen LogP contribution in [0.4, 0.5) is 8.78 Å². The van der Waals surface area contributed by atoms with Crippen molar-refractivity contribution < 1.29 is 27.8 Å². The number of aromatic nitrogens is 1. The average Bonchev–Trinajstić information content (AvgIpc) is 3.64. The number of hydrogen-bond donors (Lipinski definition) is 0. The van der Waals surface area contributed by atoms with Crippen molar-refractivity contribution >= 4 is 6.29 Å². The van der Waals surface area contributed by atoms with E-state index in [1.807, 2.05) is 24.3 Å². The molecule has 1 aromatic heterocycles. The number of carbonyl (C=O) groups is 1. The molecular weight excluding hydrogens is 418 g/mol. The van der Waals surface area contributed by atoms with Crippen LogP contribution in [0, 0.1) is 0 Å². The van der Waals surface area contributed by atoms with E-state index in [0.717, 1.165) is 49.5 Å². The zero-order chi connectivity index (χ0) is 22.7. The summed E-state index contributed by atoms with van der Waals surface area (Å²) in [5.74, 6) is 1.62. The summed E-state index contributed by atoms with van der Waals surface area (Å²) in [6.45, 7) is -2.45. The normalized spacial score (nSPS) is 21.4. The standard InChI is InChI=1S/C24H28F2N2O4/c1-30-20-7-4-8-21(31-2)22(20)19-6-3-5-17(14-29)28(19)13-15-11-18(16-9-10-16)23(27-12-15)32-24(25)26/h4,7-8,11-12,14,16-17,19,24H,3,5-6,9-10,13H2,1-2H3. The molecule has 0 spiro atoms. The van der Waals surface area contributed by atoms with Gasteiger partial charge in [-0.05, 0) is 61.8 Å². The first kappa shape index (κ1) is 22.5. The number of halogens is 2. The molecule has 1 aromatic carbocycles. The first-order chi connectivity index (χ1) is 15.5. The lowest BCUT2D eigenvalue weighted by atomic mass is 9.89. The summed E-state index contributed by atoms with van der Waals surface area (Å²) in [5.41, 5.74) is 2.49. The third-order valence-corrected chi connectivity index (χ3v) is 6.28. The summed E-state index contributed by atoms with van der Waals surface area (Å²) < 4.78 is 41.5. The lowest BCUT2D eigenvalue weighted by Crippen LogP contribution is -2.42. The van der Waals surface area contributed by atoms with Crippen molar-refractivity contribution in [2.75, 3.05) is 14.2 Å². The topological polar surface area (TPSA) is 60.9 Å². The average molecular weight is 446 g/mol. The Kier molecular flexibility index (Phi) is 6.89. The van der Waals surface area contributed by atoms with Crippen molar-refractivity contribution in [2.24, 2.45) is 0 Å². The van der Waals surface area contributed by atoms with E-state index in [1.54, 1.807) is 20.4 Å². The van der Waals surface area contributed by atoms with Crippen LogP contribution in [0.2, 0.25) is 0 Å². The Labute approximate surface area is 186 Å². The molecule has 172 valence electrons. The van der Waals surface area contributed by atoms with Gasteiger partial charge in [0.05, 0.1) is 25.8 Å². The molecule has 2 fully saturated rings. The quantitative estimate of drug-likeness (QED) is 0.512. The SMILES string of the molecule is COc1cccc(OC)c1C1CCCC(C=O)N1Cc1cnc(OC(F)F)c(C2CC2)c1. The Morgan fingerprint density at radius 2 is 1.88 bits per heavy atom. The molecule has 32 heavy (non-hydrogen) atoms. The molecule has 1 saturated heterocycles. The molecule has 2 atom stereocenters. The maximum absolute atomic E-state index is 12.8. The van der Waals surface area contributed by atoms with Crippen LogP contribution in [-0.4, -0.2) is 43.0 Å². The number of methoxy groups -OCH3 is 2. The van der Waals surface area contributed by atoms with Gasteiger partial charge in [-0.3, -0.25) is 4.90 Å². The second-order valence-electron chi connectivity index (χ2n) is 8.29. The van der Waals surface area contributed by atoms with Gasteiger partial charge in [0.2, 0.25) is 5.88 Å². The summed E-state index contributed by atoms with van der Waals surface area (Å²) in [4.78, 5) is 18.3. The smallest absolute Gasteiger partial charge is 0.388 e. The third kappa shape index (κ3) is 4.70. The molecule has 1 aliphatic heterocycles. The van der Waals surface area contributed by atoms with E-state index < -0.39 is 6.61 Å². The molecule has 6 nitrogen and oxygen atoms in total. The van der Waals surface area contributed by atoms with Gasteiger partial charge in [-0.2, -0.15) is 8.78 Å². The molecular formula is C24H28F2N2O4. The fourth-order valence-corrected chi connectivity index (χ4v) is 4.66. The van der Waals surface area contributed by atoms with E-state index in [2.05, 4.69) is 14.6 Å². The Morgan fingerprint density at radius 1 is 1.16 bits per heavy atom. The number of aldehydes is 1. The fraction of sp³-hybridized carbons (Fsp3) is 0.500. The molecule has 4 rings (SSSR count). The maximum Gasteiger partial charge on any atom is 0.388 e. The van der Waals surface area contributed by atoms with Gasteiger partial charge < -0.3 is 19.0 Å². The molecule has 2 aliphatic rings. The highest BCUT2D eigenvalue weighted by Gasteiger charge is 2.35. The number of carbonyl (C=O) groups excluding carboxylic acids is 1. The highest BCUT2D eigenvalue weighted by Crippen LogP contribution is 2.46. The number of nitrogens with zero attached hydrogens (tertiary/aromatic N) is 2. The lowest BCUT2D eigenvalue weighted by Gasteiger charge is -2.41. The van der Waals surface area contributed by atoms with Crippen LogP contribution < -0.4 is 14.2 Å². The predicted molar refractivity (Wildman–Crippen MR) is 114 cm³/mol. The Hall–Kier alpha value is -2.74. The van der Waals surface area contributed by atoms with Crippen molar-refractivity contribution in [2.45, 2.75) is 63.3 Å².